The van der Waals surface area contributed by atoms with Gasteiger partial charge in [0.15, 0.2) is 11.8 Å². The van der Waals surface area contributed by atoms with E-state index >= 15 is 0 Å². The number of nitrogens with one attached hydrogen (secondary N) is 5. The van der Waals surface area contributed by atoms with Crippen LogP contribution in [-0.4, -0.2) is 57.7 Å². The predicted octanol–water partition coefficient (Wildman–Crippen LogP) is -1.25. The largest absolute Gasteiger partial charge is 0.480 e. The van der Waals surface area contributed by atoms with Gasteiger partial charge in [-0.05, 0) is 18.8 Å². The summed E-state index contributed by atoms with van der Waals surface area (Å²) >= 11 is 0. The van der Waals surface area contributed by atoms with E-state index in [1.54, 1.807) is 0 Å². The van der Waals surface area contributed by atoms with Gasteiger partial charge < -0.3 is 42.4 Å². The molecule has 1 aromatic rings. The van der Waals surface area contributed by atoms with Crippen molar-refractivity contribution in [2.75, 3.05) is 6.54 Å². The second-order valence-electron chi connectivity index (χ2n) is 7.43. The molecule has 0 spiro atoms. The molecule has 0 aromatic carbocycles. The number of hydrogen-bond acceptors (Lipinski definition) is 8. The van der Waals surface area contributed by atoms with E-state index in [9.17, 15) is 14.4 Å². The van der Waals surface area contributed by atoms with Gasteiger partial charge in [0, 0.05) is 19.5 Å². The number of hydrogen-bond donors (Lipinski definition) is 8. The third-order valence-electron chi connectivity index (χ3n) is 4.01. The Bertz CT molecular complexity index is 767. The number of guanidine groups is 1. The normalized spacial score (nSPS) is 13.7. The van der Waals surface area contributed by atoms with E-state index in [2.05, 4.69) is 31.4 Å². The molecule has 0 aliphatic rings. The molecule has 31 heavy (non-hydrogen) atoms. The number of aromatic nitrogens is 2. The number of urea groups is 1. The highest BCUT2D eigenvalue weighted by atomic mass is 16.5. The lowest BCUT2D eigenvalue weighted by molar-refractivity contribution is -0.139. The van der Waals surface area contributed by atoms with Crippen LogP contribution in [0.3, 0.4) is 0 Å². The number of nitrogens with zero attached hydrogens (tertiary/aromatic N) is 2. The maximum atomic E-state index is 12.0. The summed E-state index contributed by atoms with van der Waals surface area (Å²) in [5.74, 6) is -1.30. The fraction of sp³-hybridized carbons (Fsp3) is 0.647. The summed E-state index contributed by atoms with van der Waals surface area (Å²) in [5, 5.41) is 30.3. The molecule has 174 valence electrons. The Balaban J connectivity index is 2.60. The Kier molecular flexibility index (Phi) is 10.2. The van der Waals surface area contributed by atoms with Gasteiger partial charge in [0.25, 0.3) is 0 Å². The summed E-state index contributed by atoms with van der Waals surface area (Å²) in [5.41, 5.74) is 11.3. The molecule has 3 atom stereocenters. The van der Waals surface area contributed by atoms with Crippen molar-refractivity contribution in [1.82, 2.24) is 31.4 Å². The molecule has 10 N–H and O–H groups in total. The van der Waals surface area contributed by atoms with Gasteiger partial charge in [0.1, 0.15) is 6.04 Å². The van der Waals surface area contributed by atoms with Crippen molar-refractivity contribution < 1.29 is 24.0 Å². The van der Waals surface area contributed by atoms with Crippen LogP contribution in [0.1, 0.15) is 51.4 Å². The Morgan fingerprint density at radius 3 is 2.42 bits per heavy atom. The van der Waals surface area contributed by atoms with Gasteiger partial charge in [-0.1, -0.05) is 19.0 Å². The number of aliphatic carboxylic acids is 1. The summed E-state index contributed by atoms with van der Waals surface area (Å²) in [4.78, 5) is 38.6. The SMILES string of the molecule is CC(=O)N[C@H](CNC(=N)N)C[C@H](N)c1noc(CNC(=O)N[C@@H](CC(C)C)C(=O)O)n1. The number of carbonyl (C=O) groups is 3. The number of carboxylic acid groups (broad SMARTS) is 1. The van der Waals surface area contributed by atoms with Crippen molar-refractivity contribution in [2.24, 2.45) is 17.4 Å². The monoisotopic (exact) mass is 441 g/mol. The summed E-state index contributed by atoms with van der Waals surface area (Å²) in [6, 6.07) is -2.82. The van der Waals surface area contributed by atoms with E-state index in [1.807, 2.05) is 13.8 Å². The van der Waals surface area contributed by atoms with Crippen molar-refractivity contribution >= 4 is 23.9 Å². The number of nitrogens with two attached hydrogens (primary N) is 2. The first-order chi connectivity index (χ1) is 14.5. The van der Waals surface area contributed by atoms with Crippen LogP contribution in [0.2, 0.25) is 0 Å². The van der Waals surface area contributed by atoms with Crippen molar-refractivity contribution in [3.05, 3.63) is 11.7 Å². The molecular weight excluding hydrogens is 410 g/mol. The Morgan fingerprint density at radius 1 is 1.19 bits per heavy atom. The van der Waals surface area contributed by atoms with E-state index in [0.29, 0.717) is 0 Å². The van der Waals surface area contributed by atoms with E-state index in [0.717, 1.165) is 0 Å². The van der Waals surface area contributed by atoms with E-state index in [4.69, 9.17) is 26.5 Å². The third kappa shape index (κ3) is 10.3. The summed E-state index contributed by atoms with van der Waals surface area (Å²) in [7, 11) is 0. The molecule has 3 amide bonds. The Morgan fingerprint density at radius 2 is 1.87 bits per heavy atom. The molecule has 0 aliphatic heterocycles. The number of rotatable bonds is 12. The van der Waals surface area contributed by atoms with E-state index in [-0.39, 0.29) is 55.4 Å². The zero-order chi connectivity index (χ0) is 23.6. The fourth-order valence-corrected chi connectivity index (χ4v) is 2.67. The van der Waals surface area contributed by atoms with Gasteiger partial charge in [-0.25, -0.2) is 9.59 Å². The molecule has 0 saturated heterocycles. The highest BCUT2D eigenvalue weighted by Crippen LogP contribution is 2.13. The molecule has 0 aliphatic carbocycles. The Hall–Kier alpha value is -3.42. The van der Waals surface area contributed by atoms with Gasteiger partial charge >= 0.3 is 12.0 Å². The number of carboxylic acids is 1. The molecule has 1 rings (SSSR count). The molecule has 1 aromatic heterocycles. The lowest BCUT2D eigenvalue weighted by atomic mass is 10.0. The van der Waals surface area contributed by atoms with Crippen LogP contribution >= 0.6 is 0 Å². The molecule has 0 saturated carbocycles. The molecule has 0 bridgehead atoms. The fourth-order valence-electron chi connectivity index (χ4n) is 2.67. The molecule has 0 unspecified atom stereocenters. The van der Waals surface area contributed by atoms with Gasteiger partial charge in [-0.15, -0.1) is 0 Å². The second kappa shape index (κ2) is 12.3. The number of carbonyl (C=O) groups excluding carboxylic acids is 2. The molecule has 14 heteroatoms. The zero-order valence-corrected chi connectivity index (χ0v) is 17.8. The molecule has 1 heterocycles. The minimum absolute atomic E-state index is 0.0780. The lowest BCUT2D eigenvalue weighted by Crippen LogP contribution is -2.46. The highest BCUT2D eigenvalue weighted by molar-refractivity contribution is 5.82. The van der Waals surface area contributed by atoms with Crippen molar-refractivity contribution in [3.8, 4) is 0 Å². The van der Waals surface area contributed by atoms with Crippen molar-refractivity contribution in [3.63, 3.8) is 0 Å². The maximum Gasteiger partial charge on any atom is 0.326 e. The third-order valence-corrected chi connectivity index (χ3v) is 4.01. The van der Waals surface area contributed by atoms with Gasteiger partial charge in [0.05, 0.1) is 12.6 Å². The summed E-state index contributed by atoms with van der Waals surface area (Å²) < 4.78 is 5.06. The first-order valence-corrected chi connectivity index (χ1v) is 9.68. The molecule has 14 nitrogen and oxygen atoms in total. The van der Waals surface area contributed by atoms with E-state index in [1.165, 1.54) is 6.92 Å². The minimum Gasteiger partial charge on any atom is -0.480 e. The average molecular weight is 441 g/mol. The molecule has 0 fully saturated rings. The summed E-state index contributed by atoms with van der Waals surface area (Å²) in [6.07, 6.45) is 0.526. The molecule has 0 radical (unpaired) electrons. The first-order valence-electron chi connectivity index (χ1n) is 9.68. The number of amides is 3. The summed E-state index contributed by atoms with van der Waals surface area (Å²) in [6.45, 7) is 5.12. The van der Waals surface area contributed by atoms with Gasteiger partial charge in [0.2, 0.25) is 11.8 Å². The standard InChI is InChI=1S/C17H31N9O5/c1-8(2)4-12(15(28)29)24-17(30)22-7-13-25-14(26-31-13)11(18)5-10(23-9(3)27)6-21-16(19)20/h8,10-12H,4-7,18H2,1-3H3,(H,23,27)(H,28,29)(H4,19,20,21)(H2,22,24,30)/t10-,11-,12-/m0/s1. The van der Waals surface area contributed by atoms with Crippen LogP contribution in [0.15, 0.2) is 4.52 Å². The van der Waals surface area contributed by atoms with Crippen LogP contribution in [0.25, 0.3) is 0 Å². The molecular formula is C17H31N9O5. The van der Waals surface area contributed by atoms with Gasteiger partial charge in [-0.2, -0.15) is 4.98 Å². The van der Waals surface area contributed by atoms with Crippen LogP contribution in [0.5, 0.6) is 0 Å². The predicted molar refractivity (Wildman–Crippen MR) is 110 cm³/mol. The van der Waals surface area contributed by atoms with Crippen LogP contribution in [0.4, 0.5) is 4.79 Å². The minimum atomic E-state index is -1.12. The highest BCUT2D eigenvalue weighted by Gasteiger charge is 2.23. The first kappa shape index (κ1) is 25.6. The zero-order valence-electron chi connectivity index (χ0n) is 17.8. The van der Waals surface area contributed by atoms with E-state index < -0.39 is 30.1 Å². The second-order valence-corrected chi connectivity index (χ2v) is 7.43. The lowest BCUT2D eigenvalue weighted by Gasteiger charge is -2.20. The quantitative estimate of drug-likeness (QED) is 0.142. The van der Waals surface area contributed by atoms with Crippen LogP contribution in [0, 0.1) is 11.3 Å². The smallest absolute Gasteiger partial charge is 0.326 e. The van der Waals surface area contributed by atoms with Crippen molar-refractivity contribution in [1.29, 1.82) is 5.41 Å². The maximum absolute atomic E-state index is 12.0. The van der Waals surface area contributed by atoms with Crippen LogP contribution in [-0.2, 0) is 16.1 Å². The van der Waals surface area contributed by atoms with Gasteiger partial charge in [-0.3, -0.25) is 10.2 Å². The Labute approximate surface area is 179 Å². The topological polar surface area (TPSA) is 234 Å². The van der Waals surface area contributed by atoms with Crippen LogP contribution < -0.4 is 32.7 Å². The van der Waals surface area contributed by atoms with Crippen molar-refractivity contribution in [2.45, 2.75) is 58.3 Å². The average Bonchev–Trinajstić information content (AvgIpc) is 3.12.